The molecule has 0 aliphatic rings. The Hall–Kier alpha value is -3.27. The summed E-state index contributed by atoms with van der Waals surface area (Å²) in [5.41, 5.74) is 6.47. The second-order valence-electron chi connectivity index (χ2n) is 6.10. The quantitative estimate of drug-likeness (QED) is 0.633. The molecule has 146 valence electrons. The lowest BCUT2D eigenvalue weighted by Gasteiger charge is -2.10. The van der Waals surface area contributed by atoms with E-state index in [0.717, 1.165) is 21.5 Å². The van der Waals surface area contributed by atoms with Crippen molar-refractivity contribution in [3.8, 4) is 0 Å². The van der Waals surface area contributed by atoms with Crippen LogP contribution in [-0.2, 0) is 16.1 Å². The van der Waals surface area contributed by atoms with Crippen molar-refractivity contribution in [2.24, 2.45) is 5.73 Å². The van der Waals surface area contributed by atoms with Gasteiger partial charge < -0.3 is 10.5 Å². The summed E-state index contributed by atoms with van der Waals surface area (Å²) in [5, 5.41) is 7.10. The van der Waals surface area contributed by atoms with Crippen LogP contribution in [0.5, 0.6) is 0 Å². The number of carbonyl (C=O) groups is 3. The SMILES string of the molecule is Cc1nn(Cc2ccc(F)cc2)c2sc(C(=O)O[C@@H](C)C(=O)NC(N)=O)cc12. The molecule has 10 heteroatoms. The highest BCUT2D eigenvalue weighted by Gasteiger charge is 2.23. The molecule has 3 rings (SSSR count). The molecule has 0 saturated heterocycles. The Balaban J connectivity index is 1.80. The largest absolute Gasteiger partial charge is 0.448 e. The summed E-state index contributed by atoms with van der Waals surface area (Å²) < 4.78 is 19.9. The van der Waals surface area contributed by atoms with Crippen molar-refractivity contribution in [3.05, 3.63) is 52.3 Å². The third-order valence-electron chi connectivity index (χ3n) is 3.95. The molecule has 2 aromatic heterocycles. The summed E-state index contributed by atoms with van der Waals surface area (Å²) in [7, 11) is 0. The molecule has 0 fully saturated rings. The molecule has 3 N–H and O–H groups in total. The van der Waals surface area contributed by atoms with Gasteiger partial charge in [0, 0.05) is 5.39 Å². The number of ether oxygens (including phenoxy) is 1. The minimum atomic E-state index is -1.18. The molecule has 1 aromatic carbocycles. The van der Waals surface area contributed by atoms with Crippen molar-refractivity contribution in [3.63, 3.8) is 0 Å². The highest BCUT2D eigenvalue weighted by molar-refractivity contribution is 7.20. The fourth-order valence-corrected chi connectivity index (χ4v) is 3.62. The summed E-state index contributed by atoms with van der Waals surface area (Å²) in [5.74, 6) is -1.82. The highest BCUT2D eigenvalue weighted by Crippen LogP contribution is 2.29. The lowest BCUT2D eigenvalue weighted by molar-refractivity contribution is -0.127. The number of aromatic nitrogens is 2. The number of benzene rings is 1. The van der Waals surface area contributed by atoms with Gasteiger partial charge in [-0.3, -0.25) is 14.8 Å². The molecule has 0 bridgehead atoms. The number of urea groups is 1. The first-order chi connectivity index (χ1) is 13.2. The van der Waals surface area contributed by atoms with Crippen LogP contribution in [0.25, 0.3) is 10.2 Å². The van der Waals surface area contributed by atoms with Crippen LogP contribution in [0.4, 0.5) is 9.18 Å². The molecule has 8 nitrogen and oxygen atoms in total. The summed E-state index contributed by atoms with van der Waals surface area (Å²) in [4.78, 5) is 35.8. The zero-order chi connectivity index (χ0) is 20.4. The van der Waals surface area contributed by atoms with Crippen molar-refractivity contribution >= 4 is 39.5 Å². The average Bonchev–Trinajstić information content (AvgIpc) is 3.18. The molecular weight excluding hydrogens is 387 g/mol. The smallest absolute Gasteiger partial charge is 0.349 e. The first kappa shape index (κ1) is 19.5. The number of esters is 1. The van der Waals surface area contributed by atoms with E-state index in [0.29, 0.717) is 11.4 Å². The predicted octanol–water partition coefficient (Wildman–Crippen LogP) is 2.33. The molecule has 3 aromatic rings. The van der Waals surface area contributed by atoms with Gasteiger partial charge in [0.25, 0.3) is 5.91 Å². The lowest BCUT2D eigenvalue weighted by atomic mass is 10.2. The van der Waals surface area contributed by atoms with E-state index in [1.165, 1.54) is 30.4 Å². The first-order valence-electron chi connectivity index (χ1n) is 8.27. The van der Waals surface area contributed by atoms with Crippen LogP contribution in [0, 0.1) is 12.7 Å². The minimum Gasteiger partial charge on any atom is -0.448 e. The standard InChI is InChI=1S/C18H17FN4O4S/c1-9-13-7-14(17(25)27-10(2)15(24)21-18(20)26)28-16(13)23(22-9)8-11-3-5-12(19)6-4-11/h3-7,10H,8H2,1-2H3,(H3,20,21,24,26)/t10-/m0/s1. The van der Waals surface area contributed by atoms with Crippen molar-refractivity contribution in [1.82, 2.24) is 15.1 Å². The number of hydrogen-bond acceptors (Lipinski definition) is 6. The van der Waals surface area contributed by atoms with Gasteiger partial charge in [0.2, 0.25) is 0 Å². The Bertz CT molecular complexity index is 1060. The number of hydrogen-bond donors (Lipinski definition) is 2. The molecule has 0 radical (unpaired) electrons. The van der Waals surface area contributed by atoms with Crippen LogP contribution in [0.2, 0.25) is 0 Å². The number of nitrogens with zero attached hydrogens (tertiary/aromatic N) is 2. The third-order valence-corrected chi connectivity index (χ3v) is 5.08. The normalized spacial score (nSPS) is 12.0. The van der Waals surface area contributed by atoms with Gasteiger partial charge in [0.05, 0.1) is 12.2 Å². The number of nitrogens with two attached hydrogens (primary N) is 1. The molecule has 0 aliphatic carbocycles. The van der Waals surface area contributed by atoms with E-state index < -0.39 is 24.0 Å². The fraction of sp³-hybridized carbons (Fsp3) is 0.222. The van der Waals surface area contributed by atoms with Crippen molar-refractivity contribution in [1.29, 1.82) is 0 Å². The molecule has 0 saturated carbocycles. The number of halogens is 1. The molecule has 0 aliphatic heterocycles. The maximum atomic E-state index is 13.1. The van der Waals surface area contributed by atoms with Gasteiger partial charge in [0.1, 0.15) is 15.5 Å². The van der Waals surface area contributed by atoms with Crippen LogP contribution in [0.3, 0.4) is 0 Å². The first-order valence-corrected chi connectivity index (χ1v) is 9.09. The molecule has 0 unspecified atom stereocenters. The Morgan fingerprint density at radius 3 is 2.64 bits per heavy atom. The van der Waals surface area contributed by atoms with Gasteiger partial charge >= 0.3 is 12.0 Å². The summed E-state index contributed by atoms with van der Waals surface area (Å²) >= 11 is 1.17. The molecule has 3 amide bonds. The van der Waals surface area contributed by atoms with Crippen LogP contribution in [0.1, 0.15) is 27.9 Å². The van der Waals surface area contributed by atoms with E-state index in [1.54, 1.807) is 22.9 Å². The molecule has 28 heavy (non-hydrogen) atoms. The highest BCUT2D eigenvalue weighted by atomic mass is 32.1. The van der Waals surface area contributed by atoms with Gasteiger partial charge in [-0.2, -0.15) is 5.10 Å². The van der Waals surface area contributed by atoms with E-state index in [-0.39, 0.29) is 5.82 Å². The van der Waals surface area contributed by atoms with Crippen LogP contribution in [-0.4, -0.2) is 33.8 Å². The van der Waals surface area contributed by atoms with Crippen LogP contribution >= 0.6 is 11.3 Å². The van der Waals surface area contributed by atoms with Crippen molar-refractivity contribution < 1.29 is 23.5 Å². The van der Waals surface area contributed by atoms with Gasteiger partial charge in [-0.25, -0.2) is 14.0 Å². The minimum absolute atomic E-state index is 0.294. The second kappa shape index (κ2) is 7.77. The Morgan fingerprint density at radius 2 is 2.00 bits per heavy atom. The van der Waals surface area contributed by atoms with E-state index >= 15 is 0 Å². The number of nitrogens with one attached hydrogen (secondary N) is 1. The Labute approximate surface area is 163 Å². The van der Waals surface area contributed by atoms with Crippen LogP contribution in [0.15, 0.2) is 30.3 Å². The number of primary amides is 1. The molecule has 1 atom stereocenters. The number of fused-ring (bicyclic) bond motifs is 1. The third kappa shape index (κ3) is 4.17. The topological polar surface area (TPSA) is 116 Å². The number of aryl methyl sites for hydroxylation is 1. The lowest BCUT2D eigenvalue weighted by Crippen LogP contribution is -2.42. The Kier molecular flexibility index (Phi) is 5.41. The predicted molar refractivity (Wildman–Crippen MR) is 100 cm³/mol. The van der Waals surface area contributed by atoms with Gasteiger partial charge in [0.15, 0.2) is 6.10 Å². The maximum Gasteiger partial charge on any atom is 0.349 e. The number of carbonyl (C=O) groups excluding carboxylic acids is 3. The number of rotatable bonds is 5. The van der Waals surface area contributed by atoms with Crippen molar-refractivity contribution in [2.45, 2.75) is 26.5 Å². The van der Waals surface area contributed by atoms with E-state index in [2.05, 4.69) is 5.10 Å². The second-order valence-corrected chi connectivity index (χ2v) is 7.13. The molecule has 2 heterocycles. The van der Waals surface area contributed by atoms with E-state index in [4.69, 9.17) is 10.5 Å². The van der Waals surface area contributed by atoms with Gasteiger partial charge in [-0.15, -0.1) is 11.3 Å². The van der Waals surface area contributed by atoms with E-state index in [1.807, 2.05) is 12.2 Å². The zero-order valence-electron chi connectivity index (χ0n) is 15.1. The number of imide groups is 1. The number of amides is 3. The van der Waals surface area contributed by atoms with Crippen molar-refractivity contribution in [2.75, 3.05) is 0 Å². The van der Waals surface area contributed by atoms with Gasteiger partial charge in [-0.1, -0.05) is 12.1 Å². The fourth-order valence-electron chi connectivity index (χ4n) is 2.58. The monoisotopic (exact) mass is 404 g/mol. The zero-order valence-corrected chi connectivity index (χ0v) is 15.9. The summed E-state index contributed by atoms with van der Waals surface area (Å²) in [6, 6.07) is 6.70. The summed E-state index contributed by atoms with van der Waals surface area (Å²) in [6.07, 6.45) is -1.18. The summed E-state index contributed by atoms with van der Waals surface area (Å²) in [6.45, 7) is 3.57. The van der Waals surface area contributed by atoms with Crippen LogP contribution < -0.4 is 11.1 Å². The average molecular weight is 404 g/mol. The molecular formula is C18H17FN4O4S. The van der Waals surface area contributed by atoms with E-state index in [9.17, 15) is 18.8 Å². The maximum absolute atomic E-state index is 13.1. The molecule has 0 spiro atoms. The number of thiophene rings is 1. The van der Waals surface area contributed by atoms with Gasteiger partial charge in [-0.05, 0) is 37.6 Å². The Morgan fingerprint density at radius 1 is 1.32 bits per heavy atom.